The molecule has 116 valence electrons. The molecule has 0 spiro atoms. The lowest BCUT2D eigenvalue weighted by atomic mass is 10.2. The molecule has 6 heteroatoms. The molecule has 0 atom stereocenters. The van der Waals surface area contributed by atoms with Crippen LogP contribution in [0, 0.1) is 18.3 Å². The first-order chi connectivity index (χ1) is 10.8. The number of aromatic nitrogens is 2. The van der Waals surface area contributed by atoms with E-state index in [0.717, 1.165) is 30.8 Å². The molecule has 0 amide bonds. The number of hydrogen-bond acceptors (Lipinski definition) is 6. The molecular formula is C16H20N4O2. The van der Waals surface area contributed by atoms with E-state index < -0.39 is 0 Å². The number of nitrogens with one attached hydrogen (secondary N) is 1. The Bertz CT molecular complexity index is 619. The van der Waals surface area contributed by atoms with Crippen LogP contribution >= 0.6 is 0 Å². The average molecular weight is 300 g/mol. The quantitative estimate of drug-likeness (QED) is 0.716. The molecule has 0 saturated heterocycles. The topological polar surface area (TPSA) is 84.0 Å². The molecule has 0 aliphatic rings. The maximum absolute atomic E-state index is 8.48. The van der Waals surface area contributed by atoms with E-state index in [1.54, 1.807) is 0 Å². The monoisotopic (exact) mass is 300 g/mol. The summed E-state index contributed by atoms with van der Waals surface area (Å²) in [4.78, 5) is 4.16. The third-order valence-corrected chi connectivity index (χ3v) is 3.01. The number of nitrogens with zero attached hydrogens (tertiary/aromatic N) is 3. The van der Waals surface area contributed by atoms with Crippen molar-refractivity contribution in [2.24, 2.45) is 0 Å². The molecule has 2 aromatic rings. The Morgan fingerprint density at radius 2 is 2.32 bits per heavy atom. The van der Waals surface area contributed by atoms with Gasteiger partial charge in [0, 0.05) is 25.9 Å². The molecule has 2 rings (SSSR count). The van der Waals surface area contributed by atoms with Crippen molar-refractivity contribution in [2.75, 3.05) is 13.2 Å². The first-order valence-electron chi connectivity index (χ1n) is 7.36. The summed E-state index contributed by atoms with van der Waals surface area (Å²) >= 11 is 0. The summed E-state index contributed by atoms with van der Waals surface area (Å²) in [5.41, 5.74) is 1.15. The Morgan fingerprint density at radius 3 is 3.09 bits per heavy atom. The first kappa shape index (κ1) is 16.0. The minimum Gasteiger partial charge on any atom is -0.494 e. The summed E-state index contributed by atoms with van der Waals surface area (Å²) in [6, 6.07) is 10.1. The molecule has 1 N–H and O–H groups in total. The molecule has 0 saturated carbocycles. The Labute approximate surface area is 130 Å². The molecule has 0 unspecified atom stereocenters. The summed E-state index contributed by atoms with van der Waals surface area (Å²) in [6.45, 7) is 3.90. The molecule has 1 aromatic heterocycles. The molecule has 0 aliphatic carbocycles. The van der Waals surface area contributed by atoms with Crippen LogP contribution in [0.25, 0.3) is 0 Å². The van der Waals surface area contributed by atoms with Crippen molar-refractivity contribution in [1.29, 1.82) is 5.26 Å². The summed E-state index contributed by atoms with van der Waals surface area (Å²) in [5.74, 6) is 2.15. The van der Waals surface area contributed by atoms with Crippen molar-refractivity contribution in [1.82, 2.24) is 15.5 Å². The number of aryl methyl sites for hydroxylation is 1. The van der Waals surface area contributed by atoms with E-state index in [9.17, 15) is 0 Å². The number of rotatable bonds is 9. The number of unbranched alkanes of at least 4 members (excludes halogenated alkanes) is 1. The van der Waals surface area contributed by atoms with Crippen molar-refractivity contribution >= 4 is 0 Å². The molecule has 0 aliphatic heterocycles. The van der Waals surface area contributed by atoms with Gasteiger partial charge in [-0.25, -0.2) is 0 Å². The minimum atomic E-state index is 0.524. The average Bonchev–Trinajstić information content (AvgIpc) is 2.94. The molecule has 22 heavy (non-hydrogen) atoms. The lowest BCUT2D eigenvalue weighted by Crippen LogP contribution is -2.16. The smallest absolute Gasteiger partial charge is 0.227 e. The summed E-state index contributed by atoms with van der Waals surface area (Å²) in [6.07, 6.45) is 1.99. The number of benzene rings is 1. The van der Waals surface area contributed by atoms with Gasteiger partial charge in [0.25, 0.3) is 0 Å². The lowest BCUT2D eigenvalue weighted by Gasteiger charge is -2.08. The summed E-state index contributed by atoms with van der Waals surface area (Å²) in [7, 11) is 0. The van der Waals surface area contributed by atoms with Crippen molar-refractivity contribution in [3.63, 3.8) is 0 Å². The van der Waals surface area contributed by atoms with E-state index in [2.05, 4.69) is 21.5 Å². The number of ether oxygens (including phenoxy) is 1. The summed E-state index contributed by atoms with van der Waals surface area (Å²) < 4.78 is 10.7. The molecule has 1 aromatic carbocycles. The highest BCUT2D eigenvalue weighted by Crippen LogP contribution is 2.13. The minimum absolute atomic E-state index is 0.524. The summed E-state index contributed by atoms with van der Waals surface area (Å²) in [5, 5.41) is 15.6. The maximum Gasteiger partial charge on any atom is 0.227 e. The zero-order valence-corrected chi connectivity index (χ0v) is 12.7. The van der Waals surface area contributed by atoms with E-state index >= 15 is 0 Å². The van der Waals surface area contributed by atoms with Crippen LogP contribution in [0.1, 0.15) is 30.1 Å². The van der Waals surface area contributed by atoms with Gasteiger partial charge in [-0.3, -0.25) is 0 Å². The van der Waals surface area contributed by atoms with Crippen LogP contribution in [0.5, 0.6) is 5.75 Å². The second kappa shape index (κ2) is 8.80. The van der Waals surface area contributed by atoms with Gasteiger partial charge in [-0.1, -0.05) is 17.3 Å². The highest BCUT2D eigenvalue weighted by molar-refractivity contribution is 5.28. The normalized spacial score (nSPS) is 10.4. The third-order valence-electron chi connectivity index (χ3n) is 3.01. The lowest BCUT2D eigenvalue weighted by molar-refractivity contribution is 0.312. The predicted molar refractivity (Wildman–Crippen MR) is 81.2 cm³/mol. The van der Waals surface area contributed by atoms with Crippen molar-refractivity contribution in [3.8, 4) is 11.8 Å². The Hall–Kier alpha value is -2.39. The predicted octanol–water partition coefficient (Wildman–Crippen LogP) is 2.39. The SMILES string of the molecule is Cc1noc(CCNCc2cccc(OCCCC#N)c2)n1. The molecule has 0 fully saturated rings. The van der Waals surface area contributed by atoms with Gasteiger partial charge in [0.2, 0.25) is 5.89 Å². The fourth-order valence-electron chi connectivity index (χ4n) is 1.96. The fraction of sp³-hybridized carbons (Fsp3) is 0.438. The van der Waals surface area contributed by atoms with Crippen LogP contribution in [-0.2, 0) is 13.0 Å². The van der Waals surface area contributed by atoms with Gasteiger partial charge in [-0.15, -0.1) is 0 Å². The third kappa shape index (κ3) is 5.54. The van der Waals surface area contributed by atoms with E-state index in [1.807, 2.05) is 31.2 Å². The van der Waals surface area contributed by atoms with Gasteiger partial charge in [-0.05, 0) is 31.0 Å². The van der Waals surface area contributed by atoms with Gasteiger partial charge in [0.1, 0.15) is 5.75 Å². The maximum atomic E-state index is 8.48. The van der Waals surface area contributed by atoms with E-state index in [4.69, 9.17) is 14.5 Å². The Morgan fingerprint density at radius 1 is 1.41 bits per heavy atom. The second-order valence-corrected chi connectivity index (χ2v) is 4.92. The van der Waals surface area contributed by atoms with Crippen LogP contribution in [0.15, 0.2) is 28.8 Å². The van der Waals surface area contributed by atoms with Gasteiger partial charge < -0.3 is 14.6 Å². The molecule has 0 bridgehead atoms. The Balaban J connectivity index is 1.70. The first-order valence-corrected chi connectivity index (χ1v) is 7.36. The van der Waals surface area contributed by atoms with Gasteiger partial charge in [0.05, 0.1) is 12.7 Å². The van der Waals surface area contributed by atoms with Gasteiger partial charge >= 0.3 is 0 Å². The number of nitriles is 1. The van der Waals surface area contributed by atoms with Crippen molar-refractivity contribution in [3.05, 3.63) is 41.5 Å². The number of hydrogen-bond donors (Lipinski definition) is 1. The zero-order chi connectivity index (χ0) is 15.6. The fourth-order valence-corrected chi connectivity index (χ4v) is 1.96. The molecule has 1 heterocycles. The van der Waals surface area contributed by atoms with Crippen LogP contribution in [0.3, 0.4) is 0 Å². The van der Waals surface area contributed by atoms with E-state index in [-0.39, 0.29) is 0 Å². The zero-order valence-electron chi connectivity index (χ0n) is 12.7. The highest BCUT2D eigenvalue weighted by atomic mass is 16.5. The standard InChI is InChI=1S/C16H20N4O2/c1-13-19-16(22-20-13)7-9-18-12-14-5-4-6-15(11-14)21-10-3-2-8-17/h4-6,11,18H,2-3,7,9-10,12H2,1H3. The second-order valence-electron chi connectivity index (χ2n) is 4.92. The van der Waals surface area contributed by atoms with Crippen LogP contribution in [-0.4, -0.2) is 23.3 Å². The van der Waals surface area contributed by atoms with Gasteiger partial charge in [-0.2, -0.15) is 10.2 Å². The van der Waals surface area contributed by atoms with Crippen molar-refractivity contribution in [2.45, 2.75) is 32.7 Å². The van der Waals surface area contributed by atoms with Crippen LogP contribution in [0.4, 0.5) is 0 Å². The van der Waals surface area contributed by atoms with E-state index in [0.29, 0.717) is 31.2 Å². The van der Waals surface area contributed by atoms with Gasteiger partial charge in [0.15, 0.2) is 5.82 Å². The molecular weight excluding hydrogens is 280 g/mol. The van der Waals surface area contributed by atoms with Crippen molar-refractivity contribution < 1.29 is 9.26 Å². The van der Waals surface area contributed by atoms with Crippen LogP contribution in [0.2, 0.25) is 0 Å². The van der Waals surface area contributed by atoms with E-state index in [1.165, 1.54) is 0 Å². The Kier molecular flexibility index (Phi) is 6.39. The largest absolute Gasteiger partial charge is 0.494 e. The molecule has 0 radical (unpaired) electrons. The highest BCUT2D eigenvalue weighted by Gasteiger charge is 2.02. The van der Waals surface area contributed by atoms with Crippen LogP contribution < -0.4 is 10.1 Å². The molecule has 6 nitrogen and oxygen atoms in total.